The minimum Gasteiger partial charge on any atom is -0.325 e. The molecule has 1 N–H and O–H groups in total. The third-order valence-corrected chi connectivity index (χ3v) is 7.96. The number of aryl methyl sites for hydroxylation is 2. The van der Waals surface area contributed by atoms with E-state index in [2.05, 4.69) is 39.6 Å². The first-order valence-electron chi connectivity index (χ1n) is 10.8. The van der Waals surface area contributed by atoms with E-state index in [1.807, 2.05) is 19.9 Å². The second kappa shape index (κ2) is 7.42. The van der Waals surface area contributed by atoms with Gasteiger partial charge in [-0.15, -0.1) is 0 Å². The number of thioether (sulfide) groups is 1. The summed E-state index contributed by atoms with van der Waals surface area (Å²) in [4.78, 5) is 21.1. The van der Waals surface area contributed by atoms with E-state index < -0.39 is 0 Å². The summed E-state index contributed by atoms with van der Waals surface area (Å²) in [6.07, 6.45) is 8.52. The average molecular weight is 408 g/mol. The fourth-order valence-electron chi connectivity index (χ4n) is 6.46. The van der Waals surface area contributed by atoms with Crippen LogP contribution in [0.5, 0.6) is 0 Å². The number of nitrogens with one attached hydrogen (secondary N) is 1. The molecular weight excluding hydrogens is 378 g/mol. The Kier molecular flexibility index (Phi) is 4.89. The van der Waals surface area contributed by atoms with Crippen molar-refractivity contribution in [1.82, 2.24) is 9.97 Å². The molecule has 0 radical (unpaired) electrons. The molecule has 1 aromatic carbocycles. The maximum atomic E-state index is 12.4. The Morgan fingerprint density at radius 1 is 1.00 bits per heavy atom. The molecule has 4 aliphatic carbocycles. The van der Waals surface area contributed by atoms with E-state index >= 15 is 0 Å². The lowest BCUT2D eigenvalue weighted by Gasteiger charge is -2.57. The molecule has 152 valence electrons. The maximum absolute atomic E-state index is 12.4. The normalized spacial score (nSPS) is 29.8. The van der Waals surface area contributed by atoms with Crippen molar-refractivity contribution in [2.24, 2.45) is 17.8 Å². The predicted molar refractivity (Wildman–Crippen MR) is 117 cm³/mol. The van der Waals surface area contributed by atoms with Crippen LogP contribution in [-0.4, -0.2) is 21.6 Å². The minimum absolute atomic E-state index is 0.0136. The summed E-state index contributed by atoms with van der Waals surface area (Å²) in [6.45, 7) is 3.90. The smallest absolute Gasteiger partial charge is 0.234 e. The van der Waals surface area contributed by atoms with E-state index in [1.54, 1.807) is 0 Å². The van der Waals surface area contributed by atoms with Gasteiger partial charge in [0.25, 0.3) is 0 Å². The molecule has 4 saturated carbocycles. The van der Waals surface area contributed by atoms with Gasteiger partial charge in [-0.3, -0.25) is 4.79 Å². The number of carbonyl (C=O) groups is 1. The first-order valence-corrected chi connectivity index (χ1v) is 11.8. The lowest BCUT2D eigenvalue weighted by atomic mass is 9.48. The van der Waals surface area contributed by atoms with Crippen molar-refractivity contribution < 1.29 is 4.79 Å². The van der Waals surface area contributed by atoms with Crippen LogP contribution < -0.4 is 5.32 Å². The fraction of sp³-hybridized carbons (Fsp3) is 0.542. The first kappa shape index (κ1) is 19.1. The summed E-state index contributed by atoms with van der Waals surface area (Å²) in [7, 11) is 0. The van der Waals surface area contributed by atoms with Crippen LogP contribution in [0.4, 0.5) is 5.69 Å². The molecule has 1 amide bonds. The summed E-state index contributed by atoms with van der Waals surface area (Å²) >= 11 is 1.38. The van der Waals surface area contributed by atoms with Gasteiger partial charge >= 0.3 is 0 Å². The van der Waals surface area contributed by atoms with Gasteiger partial charge in [0, 0.05) is 17.1 Å². The molecule has 0 atom stereocenters. The van der Waals surface area contributed by atoms with Crippen LogP contribution in [0.2, 0.25) is 0 Å². The van der Waals surface area contributed by atoms with E-state index in [9.17, 15) is 4.79 Å². The highest BCUT2D eigenvalue weighted by Gasteiger charge is 2.51. The Morgan fingerprint density at radius 2 is 1.55 bits per heavy atom. The molecule has 0 spiro atoms. The molecule has 4 fully saturated rings. The van der Waals surface area contributed by atoms with Gasteiger partial charge in [-0.05, 0) is 99.3 Å². The number of carbonyl (C=O) groups excluding carboxylic acids is 1. The van der Waals surface area contributed by atoms with E-state index in [4.69, 9.17) is 0 Å². The Morgan fingerprint density at radius 3 is 2.10 bits per heavy atom. The quantitative estimate of drug-likeness (QED) is 0.540. The molecule has 29 heavy (non-hydrogen) atoms. The van der Waals surface area contributed by atoms with Crippen molar-refractivity contribution in [1.29, 1.82) is 0 Å². The van der Waals surface area contributed by atoms with Gasteiger partial charge in [-0.2, -0.15) is 0 Å². The van der Waals surface area contributed by atoms with Crippen molar-refractivity contribution in [3.05, 3.63) is 47.3 Å². The average Bonchev–Trinajstić information content (AvgIpc) is 2.65. The molecule has 0 unspecified atom stereocenters. The van der Waals surface area contributed by atoms with Crippen LogP contribution in [0.25, 0.3) is 0 Å². The van der Waals surface area contributed by atoms with Crippen molar-refractivity contribution in [3.63, 3.8) is 0 Å². The SMILES string of the molecule is Cc1cc(C)nc(SCC(=O)Nc2ccc(C34CC5CC(CC(C5)C3)C4)cc2)n1. The number of anilines is 1. The van der Waals surface area contributed by atoms with E-state index in [0.29, 0.717) is 16.3 Å². The number of hydrogen-bond donors (Lipinski definition) is 1. The zero-order valence-corrected chi connectivity index (χ0v) is 18.1. The summed E-state index contributed by atoms with van der Waals surface area (Å²) in [5.74, 6) is 3.15. The molecule has 1 aromatic heterocycles. The van der Waals surface area contributed by atoms with E-state index in [1.165, 1.54) is 55.9 Å². The lowest BCUT2D eigenvalue weighted by Crippen LogP contribution is -2.48. The van der Waals surface area contributed by atoms with Crippen molar-refractivity contribution in [2.75, 3.05) is 11.1 Å². The molecule has 0 aliphatic heterocycles. The third-order valence-electron chi connectivity index (χ3n) is 7.11. The maximum Gasteiger partial charge on any atom is 0.234 e. The van der Waals surface area contributed by atoms with Gasteiger partial charge < -0.3 is 5.32 Å². The predicted octanol–water partition coefficient (Wildman–Crippen LogP) is 5.29. The molecular formula is C24H29N3OS. The number of benzene rings is 1. The van der Waals surface area contributed by atoms with Crippen molar-refractivity contribution >= 4 is 23.4 Å². The van der Waals surface area contributed by atoms with Gasteiger partial charge in [0.1, 0.15) is 0 Å². The zero-order valence-electron chi connectivity index (χ0n) is 17.3. The Hall–Kier alpha value is -1.88. The number of nitrogens with zero attached hydrogens (tertiary/aromatic N) is 2. The van der Waals surface area contributed by atoms with E-state index in [-0.39, 0.29) is 5.91 Å². The van der Waals surface area contributed by atoms with Gasteiger partial charge in [-0.1, -0.05) is 23.9 Å². The molecule has 0 saturated heterocycles. The highest BCUT2D eigenvalue weighted by molar-refractivity contribution is 7.99. The molecule has 4 nitrogen and oxygen atoms in total. The highest BCUT2D eigenvalue weighted by atomic mass is 32.2. The Bertz CT molecular complexity index is 869. The van der Waals surface area contributed by atoms with Crippen LogP contribution in [0.1, 0.15) is 55.5 Å². The van der Waals surface area contributed by atoms with Crippen molar-refractivity contribution in [3.8, 4) is 0 Å². The van der Waals surface area contributed by atoms with Crippen LogP contribution in [0, 0.1) is 31.6 Å². The van der Waals surface area contributed by atoms with Gasteiger partial charge in [0.05, 0.1) is 5.75 Å². The van der Waals surface area contributed by atoms with Crippen LogP contribution in [-0.2, 0) is 10.2 Å². The molecule has 4 bridgehead atoms. The van der Waals surface area contributed by atoms with E-state index in [0.717, 1.165) is 34.8 Å². The minimum atomic E-state index is -0.0136. The highest BCUT2D eigenvalue weighted by Crippen LogP contribution is 2.60. The van der Waals surface area contributed by atoms with Gasteiger partial charge in [0.15, 0.2) is 5.16 Å². The zero-order chi connectivity index (χ0) is 20.0. The Labute approximate surface area is 177 Å². The third kappa shape index (κ3) is 3.94. The molecule has 1 heterocycles. The fourth-order valence-corrected chi connectivity index (χ4v) is 7.21. The number of amides is 1. The molecule has 6 rings (SSSR count). The number of rotatable bonds is 5. The standard InChI is InChI=1S/C24H29N3OS/c1-15-7-16(2)26-23(25-15)29-14-22(28)27-21-5-3-20(4-6-21)24-11-17-8-18(12-24)10-19(9-17)13-24/h3-7,17-19H,8-14H2,1-2H3,(H,27,28). The second-order valence-corrected chi connectivity index (χ2v) is 10.5. The summed E-state index contributed by atoms with van der Waals surface area (Å²) in [5, 5.41) is 3.69. The summed E-state index contributed by atoms with van der Waals surface area (Å²) in [5.41, 5.74) is 4.65. The number of hydrogen-bond acceptors (Lipinski definition) is 4. The van der Waals surface area contributed by atoms with Crippen molar-refractivity contribution in [2.45, 2.75) is 62.9 Å². The number of aromatic nitrogens is 2. The lowest BCUT2D eigenvalue weighted by molar-refractivity contribution is -0.113. The van der Waals surface area contributed by atoms with Gasteiger partial charge in [-0.25, -0.2) is 9.97 Å². The molecule has 4 aliphatic rings. The van der Waals surface area contributed by atoms with Crippen LogP contribution in [0.3, 0.4) is 0 Å². The van der Waals surface area contributed by atoms with Crippen LogP contribution in [0.15, 0.2) is 35.5 Å². The second-order valence-electron chi connectivity index (χ2n) is 9.55. The van der Waals surface area contributed by atoms with Crippen LogP contribution >= 0.6 is 11.8 Å². The Balaban J connectivity index is 1.21. The largest absolute Gasteiger partial charge is 0.325 e. The topological polar surface area (TPSA) is 54.9 Å². The molecule has 2 aromatic rings. The first-order chi connectivity index (χ1) is 14.0. The monoisotopic (exact) mass is 407 g/mol. The summed E-state index contributed by atoms with van der Waals surface area (Å²) in [6, 6.07) is 10.6. The summed E-state index contributed by atoms with van der Waals surface area (Å²) < 4.78 is 0. The van der Waals surface area contributed by atoms with Gasteiger partial charge in [0.2, 0.25) is 5.91 Å². The molecule has 5 heteroatoms.